The van der Waals surface area contributed by atoms with Crippen molar-refractivity contribution in [2.24, 2.45) is 0 Å². The molecule has 0 bridgehead atoms. The number of carbonyl (C=O) groups excluding carboxylic acids is 1. The van der Waals surface area contributed by atoms with Gasteiger partial charge in [0, 0.05) is 17.8 Å². The lowest BCUT2D eigenvalue weighted by molar-refractivity contribution is -0.0905. The van der Waals surface area contributed by atoms with Gasteiger partial charge >= 0.3 is 6.03 Å². The molecule has 1 fully saturated rings. The van der Waals surface area contributed by atoms with Gasteiger partial charge in [-0.3, -0.25) is 4.68 Å². The summed E-state index contributed by atoms with van der Waals surface area (Å²) in [6, 6.07) is 11.0. The van der Waals surface area contributed by atoms with Crippen LogP contribution in [0.15, 0.2) is 54.7 Å². The second-order valence-corrected chi connectivity index (χ2v) is 7.90. The van der Waals surface area contributed by atoms with Crippen molar-refractivity contribution in [1.29, 1.82) is 0 Å². The van der Waals surface area contributed by atoms with Crippen molar-refractivity contribution < 1.29 is 23.4 Å². The van der Waals surface area contributed by atoms with Crippen LogP contribution in [0.1, 0.15) is 19.3 Å². The molecular weight excluding hydrogens is 432 g/mol. The molecule has 0 radical (unpaired) electrons. The number of nitrogens with one attached hydrogen (secondary N) is 2. The average Bonchev–Trinajstić information content (AvgIpc) is 3.29. The molecule has 8 nitrogen and oxygen atoms in total. The molecule has 1 saturated heterocycles. The molecule has 4 rings (SSSR count). The minimum absolute atomic E-state index is 0.124. The molecule has 1 aliphatic heterocycles. The van der Waals surface area contributed by atoms with E-state index in [9.17, 15) is 18.7 Å². The fourth-order valence-corrected chi connectivity index (χ4v) is 3.85. The number of aromatic nitrogens is 3. The minimum Gasteiger partial charge on any atom is -0.394 e. The highest BCUT2D eigenvalue weighted by Crippen LogP contribution is 2.24. The molecule has 1 aliphatic rings. The molecule has 0 aliphatic carbocycles. The van der Waals surface area contributed by atoms with Gasteiger partial charge < -0.3 is 20.5 Å². The molecule has 0 spiro atoms. The van der Waals surface area contributed by atoms with E-state index in [1.165, 1.54) is 30.3 Å². The van der Waals surface area contributed by atoms with Crippen LogP contribution in [0.5, 0.6) is 0 Å². The Kier molecular flexibility index (Phi) is 7.26. The Labute approximate surface area is 189 Å². The molecule has 3 aromatic rings. The third-order valence-corrected chi connectivity index (χ3v) is 5.58. The predicted octanol–water partition coefficient (Wildman–Crippen LogP) is 3.34. The molecule has 3 atom stereocenters. The summed E-state index contributed by atoms with van der Waals surface area (Å²) in [6.45, 7) is 0.284. The third kappa shape index (κ3) is 5.91. The number of urea groups is 1. The fourth-order valence-electron chi connectivity index (χ4n) is 3.85. The SMILES string of the molecule is O=C(Nc1ccc(F)cc1)N[C@H]1CC[C@@H](CCn2cc(-c3ccccc3F)nn2)O[C@H]1CO. The van der Waals surface area contributed by atoms with Gasteiger partial charge in [0.2, 0.25) is 0 Å². The van der Waals surface area contributed by atoms with Crippen molar-refractivity contribution in [1.82, 2.24) is 20.3 Å². The first-order valence-corrected chi connectivity index (χ1v) is 10.8. The number of rotatable bonds is 7. The summed E-state index contributed by atoms with van der Waals surface area (Å²) in [5, 5.41) is 23.3. The molecule has 2 heterocycles. The van der Waals surface area contributed by atoms with Gasteiger partial charge in [0.25, 0.3) is 0 Å². The Balaban J connectivity index is 1.27. The summed E-state index contributed by atoms with van der Waals surface area (Å²) in [5.41, 5.74) is 1.32. The second-order valence-electron chi connectivity index (χ2n) is 7.90. The first-order chi connectivity index (χ1) is 16.0. The molecule has 1 aromatic heterocycles. The van der Waals surface area contributed by atoms with Gasteiger partial charge in [0.1, 0.15) is 23.4 Å². The largest absolute Gasteiger partial charge is 0.394 e. The standard InChI is InChI=1S/C23H25F2N5O3/c24-15-5-7-16(8-6-15)26-23(32)27-20-10-9-17(33-22(20)14-31)11-12-30-13-21(28-29-30)18-3-1-2-4-19(18)25/h1-8,13,17,20,22,31H,9-12,14H2,(H2,26,27,32)/t17-,20-,22-/m0/s1. The average molecular weight is 457 g/mol. The van der Waals surface area contributed by atoms with Gasteiger partial charge in [0.05, 0.1) is 24.9 Å². The number of anilines is 1. The Morgan fingerprint density at radius 1 is 1.15 bits per heavy atom. The topological polar surface area (TPSA) is 101 Å². The van der Waals surface area contributed by atoms with E-state index in [0.29, 0.717) is 42.8 Å². The van der Waals surface area contributed by atoms with Crippen LogP contribution in [0.3, 0.4) is 0 Å². The monoisotopic (exact) mass is 457 g/mol. The Morgan fingerprint density at radius 3 is 2.70 bits per heavy atom. The van der Waals surface area contributed by atoms with Gasteiger partial charge in [-0.25, -0.2) is 13.6 Å². The number of aliphatic hydroxyl groups excluding tert-OH is 1. The first kappa shape index (κ1) is 22.8. The zero-order valence-corrected chi connectivity index (χ0v) is 17.8. The molecule has 0 saturated carbocycles. The van der Waals surface area contributed by atoms with Crippen LogP contribution in [0.2, 0.25) is 0 Å². The van der Waals surface area contributed by atoms with Crippen LogP contribution >= 0.6 is 0 Å². The Morgan fingerprint density at radius 2 is 1.94 bits per heavy atom. The number of nitrogens with zero attached hydrogens (tertiary/aromatic N) is 3. The van der Waals surface area contributed by atoms with E-state index in [4.69, 9.17) is 4.74 Å². The minimum atomic E-state index is -0.549. The summed E-state index contributed by atoms with van der Waals surface area (Å²) in [7, 11) is 0. The normalized spacial score (nSPS) is 20.4. The quantitative estimate of drug-likeness (QED) is 0.505. The van der Waals surface area contributed by atoms with Gasteiger partial charge in [-0.05, 0) is 55.7 Å². The lowest BCUT2D eigenvalue weighted by atomic mass is 9.97. The van der Waals surface area contributed by atoms with E-state index in [1.807, 2.05) is 0 Å². The van der Waals surface area contributed by atoms with E-state index in [0.717, 1.165) is 0 Å². The van der Waals surface area contributed by atoms with Crippen molar-refractivity contribution in [2.75, 3.05) is 11.9 Å². The highest BCUT2D eigenvalue weighted by Gasteiger charge is 2.32. The van der Waals surface area contributed by atoms with Crippen molar-refractivity contribution in [3.8, 4) is 11.3 Å². The van der Waals surface area contributed by atoms with Gasteiger partial charge in [-0.15, -0.1) is 5.10 Å². The predicted molar refractivity (Wildman–Crippen MR) is 117 cm³/mol. The van der Waals surface area contributed by atoms with Crippen LogP contribution in [-0.2, 0) is 11.3 Å². The molecule has 2 aromatic carbocycles. The van der Waals surface area contributed by atoms with E-state index in [1.54, 1.807) is 29.1 Å². The van der Waals surface area contributed by atoms with Crippen LogP contribution < -0.4 is 10.6 Å². The lowest BCUT2D eigenvalue weighted by Crippen LogP contribution is -2.52. The third-order valence-electron chi connectivity index (χ3n) is 5.58. The summed E-state index contributed by atoms with van der Waals surface area (Å²) >= 11 is 0. The lowest BCUT2D eigenvalue weighted by Gasteiger charge is -2.36. The number of aryl methyl sites for hydroxylation is 1. The number of amides is 2. The van der Waals surface area contributed by atoms with E-state index < -0.39 is 12.1 Å². The maximum Gasteiger partial charge on any atom is 0.319 e. The number of hydrogen-bond donors (Lipinski definition) is 3. The van der Waals surface area contributed by atoms with Crippen molar-refractivity contribution >= 4 is 11.7 Å². The zero-order valence-electron chi connectivity index (χ0n) is 17.8. The number of ether oxygens (including phenoxy) is 1. The molecule has 2 amide bonds. The Bertz CT molecular complexity index is 1080. The van der Waals surface area contributed by atoms with Gasteiger partial charge in [0.15, 0.2) is 0 Å². The molecule has 10 heteroatoms. The van der Waals surface area contributed by atoms with E-state index >= 15 is 0 Å². The summed E-state index contributed by atoms with van der Waals surface area (Å²) in [5.74, 6) is -0.740. The summed E-state index contributed by atoms with van der Waals surface area (Å²) in [4.78, 5) is 12.3. The number of halogens is 2. The number of aliphatic hydroxyl groups is 1. The van der Waals surface area contributed by atoms with Gasteiger partial charge in [-0.1, -0.05) is 17.3 Å². The van der Waals surface area contributed by atoms with Gasteiger partial charge in [-0.2, -0.15) is 0 Å². The highest BCUT2D eigenvalue weighted by atomic mass is 19.1. The first-order valence-electron chi connectivity index (χ1n) is 10.8. The summed E-state index contributed by atoms with van der Waals surface area (Å²) < 4.78 is 34.6. The second kappa shape index (κ2) is 10.5. The highest BCUT2D eigenvalue weighted by molar-refractivity contribution is 5.89. The van der Waals surface area contributed by atoms with Crippen molar-refractivity contribution in [3.63, 3.8) is 0 Å². The molecular formula is C23H25F2N5O3. The Hall–Kier alpha value is -3.37. The molecule has 3 N–H and O–H groups in total. The van der Waals surface area contributed by atoms with Crippen LogP contribution in [0, 0.1) is 11.6 Å². The van der Waals surface area contributed by atoms with E-state index in [2.05, 4.69) is 20.9 Å². The maximum absolute atomic E-state index is 13.9. The molecule has 0 unspecified atom stereocenters. The molecule has 174 valence electrons. The van der Waals surface area contributed by atoms with Crippen LogP contribution in [-0.4, -0.2) is 51.0 Å². The zero-order chi connectivity index (χ0) is 23.2. The summed E-state index contributed by atoms with van der Waals surface area (Å²) in [6.07, 6.45) is 2.96. The number of benzene rings is 2. The van der Waals surface area contributed by atoms with Crippen molar-refractivity contribution in [3.05, 3.63) is 66.4 Å². The van der Waals surface area contributed by atoms with E-state index in [-0.39, 0.29) is 30.4 Å². The van der Waals surface area contributed by atoms with Crippen molar-refractivity contribution in [2.45, 2.75) is 44.1 Å². The van der Waals surface area contributed by atoms with Crippen LogP contribution in [0.4, 0.5) is 19.3 Å². The number of hydrogen-bond acceptors (Lipinski definition) is 5. The van der Waals surface area contributed by atoms with Crippen LogP contribution in [0.25, 0.3) is 11.3 Å². The fraction of sp³-hybridized carbons (Fsp3) is 0.348. The maximum atomic E-state index is 13.9. The molecule has 33 heavy (non-hydrogen) atoms. The number of carbonyl (C=O) groups is 1. The smallest absolute Gasteiger partial charge is 0.319 e.